The summed E-state index contributed by atoms with van der Waals surface area (Å²) in [4.78, 5) is 0. The predicted molar refractivity (Wildman–Crippen MR) is 140 cm³/mol. The number of halogens is 3. The molecular weight excluding hydrogens is 441 g/mol. The van der Waals surface area contributed by atoms with E-state index < -0.39 is 11.6 Å². The average Bonchev–Trinajstić information content (AvgIpc) is 2.89. The van der Waals surface area contributed by atoms with E-state index in [0.717, 1.165) is 76.2 Å². The quantitative estimate of drug-likeness (QED) is 0.335. The van der Waals surface area contributed by atoms with Crippen molar-refractivity contribution >= 4 is 0 Å². The molecule has 0 nitrogen and oxygen atoms in total. The number of rotatable bonds is 9. The molecule has 1 fully saturated rings. The van der Waals surface area contributed by atoms with Crippen LogP contribution in [0.2, 0.25) is 0 Å². The number of benzene rings is 2. The molecule has 2 aromatic rings. The normalized spacial score (nSPS) is 22.6. The molecule has 3 heteroatoms. The Morgan fingerprint density at radius 2 is 1.57 bits per heavy atom. The van der Waals surface area contributed by atoms with E-state index in [1.54, 1.807) is 18.2 Å². The van der Waals surface area contributed by atoms with Gasteiger partial charge in [0.05, 0.1) is 0 Å². The Hall–Kier alpha value is -2.29. The highest BCUT2D eigenvalue weighted by atomic mass is 19.2. The van der Waals surface area contributed by atoms with Crippen LogP contribution >= 0.6 is 0 Å². The SMILES string of the molecule is CCCCC1CC=C(CCC2CCC(c3ccc(-c4ccc(CC)cc4)c(F)c3F)CC2)C=C1F. The fourth-order valence-corrected chi connectivity index (χ4v) is 5.80. The summed E-state index contributed by atoms with van der Waals surface area (Å²) in [5.41, 5.74) is 3.88. The maximum atomic E-state index is 15.1. The Balaban J connectivity index is 1.31. The summed E-state index contributed by atoms with van der Waals surface area (Å²) < 4.78 is 44.5. The van der Waals surface area contributed by atoms with Gasteiger partial charge in [-0.1, -0.05) is 69.2 Å². The first-order chi connectivity index (χ1) is 17.0. The van der Waals surface area contributed by atoms with E-state index in [4.69, 9.17) is 0 Å². The zero-order chi connectivity index (χ0) is 24.8. The maximum absolute atomic E-state index is 15.1. The monoisotopic (exact) mass is 480 g/mol. The van der Waals surface area contributed by atoms with Gasteiger partial charge in [0.15, 0.2) is 11.6 Å². The number of allylic oxidation sites excluding steroid dienone is 4. The topological polar surface area (TPSA) is 0 Å². The van der Waals surface area contributed by atoms with E-state index in [1.165, 1.54) is 5.56 Å². The van der Waals surface area contributed by atoms with Gasteiger partial charge in [0.25, 0.3) is 0 Å². The predicted octanol–water partition coefficient (Wildman–Crippen LogP) is 10.2. The summed E-state index contributed by atoms with van der Waals surface area (Å²) in [5.74, 6) is -0.637. The summed E-state index contributed by atoms with van der Waals surface area (Å²) in [6.45, 7) is 4.22. The molecule has 0 spiro atoms. The molecule has 0 bridgehead atoms. The van der Waals surface area contributed by atoms with Crippen LogP contribution in [0.5, 0.6) is 0 Å². The van der Waals surface area contributed by atoms with E-state index in [-0.39, 0.29) is 17.7 Å². The summed E-state index contributed by atoms with van der Waals surface area (Å²) >= 11 is 0. The molecule has 0 radical (unpaired) electrons. The fourth-order valence-electron chi connectivity index (χ4n) is 5.80. The highest BCUT2D eigenvalue weighted by Gasteiger charge is 2.27. The second-order valence-electron chi connectivity index (χ2n) is 10.5. The zero-order valence-electron chi connectivity index (χ0n) is 21.3. The van der Waals surface area contributed by atoms with Crippen molar-refractivity contribution in [2.75, 3.05) is 0 Å². The van der Waals surface area contributed by atoms with Crippen LogP contribution in [0, 0.1) is 23.5 Å². The number of hydrogen-bond acceptors (Lipinski definition) is 0. The van der Waals surface area contributed by atoms with Crippen LogP contribution in [-0.4, -0.2) is 0 Å². The molecule has 0 heterocycles. The van der Waals surface area contributed by atoms with E-state index >= 15 is 4.39 Å². The molecule has 0 amide bonds. The van der Waals surface area contributed by atoms with Crippen LogP contribution in [0.15, 0.2) is 60.0 Å². The first kappa shape index (κ1) is 25.8. The molecule has 188 valence electrons. The fraction of sp³-hybridized carbons (Fsp3) is 0.500. The van der Waals surface area contributed by atoms with Crippen molar-refractivity contribution in [1.82, 2.24) is 0 Å². The van der Waals surface area contributed by atoms with Gasteiger partial charge in [0, 0.05) is 11.5 Å². The van der Waals surface area contributed by atoms with Crippen molar-refractivity contribution in [3.63, 3.8) is 0 Å². The molecule has 1 saturated carbocycles. The van der Waals surface area contributed by atoms with E-state index in [9.17, 15) is 8.78 Å². The van der Waals surface area contributed by atoms with Crippen molar-refractivity contribution in [3.05, 3.63) is 82.7 Å². The van der Waals surface area contributed by atoms with Crippen molar-refractivity contribution in [2.24, 2.45) is 11.8 Å². The molecule has 2 aromatic carbocycles. The Morgan fingerprint density at radius 3 is 2.23 bits per heavy atom. The average molecular weight is 481 g/mol. The molecule has 0 saturated heterocycles. The second-order valence-corrected chi connectivity index (χ2v) is 10.5. The standard InChI is InChI=1S/C32H39F3/c1-3-5-6-27-18-13-24(21-30(27)33)8-7-23-11-16-26(17-12-23)29-20-19-28(31(34)32(29)35)25-14-9-22(4-2)10-15-25/h9-10,13-15,19-21,23,26-27H,3-8,11-12,16-18H2,1-2H3. The summed E-state index contributed by atoms with van der Waals surface area (Å²) in [5, 5.41) is 0. The Labute approximate surface area is 209 Å². The van der Waals surface area contributed by atoms with Gasteiger partial charge in [-0.3, -0.25) is 0 Å². The highest BCUT2D eigenvalue weighted by Crippen LogP contribution is 2.41. The molecule has 2 aliphatic carbocycles. The largest absolute Gasteiger partial charge is 0.212 e. The molecule has 2 aliphatic rings. The van der Waals surface area contributed by atoms with E-state index in [1.807, 2.05) is 24.3 Å². The van der Waals surface area contributed by atoms with Gasteiger partial charge in [0.1, 0.15) is 5.83 Å². The molecular formula is C32H39F3. The van der Waals surface area contributed by atoms with Crippen molar-refractivity contribution < 1.29 is 13.2 Å². The van der Waals surface area contributed by atoms with Crippen molar-refractivity contribution in [3.8, 4) is 11.1 Å². The van der Waals surface area contributed by atoms with Gasteiger partial charge < -0.3 is 0 Å². The van der Waals surface area contributed by atoms with Crippen LogP contribution in [0.3, 0.4) is 0 Å². The summed E-state index contributed by atoms with van der Waals surface area (Å²) in [6.07, 6.45) is 14.6. The number of aryl methyl sites for hydroxylation is 1. The molecule has 35 heavy (non-hydrogen) atoms. The van der Waals surface area contributed by atoms with Crippen LogP contribution in [0.4, 0.5) is 13.2 Å². The van der Waals surface area contributed by atoms with Crippen LogP contribution in [-0.2, 0) is 6.42 Å². The minimum Gasteiger partial charge on any atom is -0.212 e. The lowest BCUT2D eigenvalue weighted by molar-refractivity contribution is 0.304. The third kappa shape index (κ3) is 6.29. The third-order valence-corrected chi connectivity index (χ3v) is 8.20. The van der Waals surface area contributed by atoms with Crippen molar-refractivity contribution in [1.29, 1.82) is 0 Å². The minimum absolute atomic E-state index is 0.0573. The van der Waals surface area contributed by atoms with Crippen LogP contribution in [0.25, 0.3) is 11.1 Å². The highest BCUT2D eigenvalue weighted by molar-refractivity contribution is 5.65. The number of hydrogen-bond donors (Lipinski definition) is 0. The first-order valence-electron chi connectivity index (χ1n) is 13.6. The smallest absolute Gasteiger partial charge is 0.166 e. The van der Waals surface area contributed by atoms with Gasteiger partial charge in [0.2, 0.25) is 0 Å². The van der Waals surface area contributed by atoms with Gasteiger partial charge in [-0.05, 0) is 98.0 Å². The van der Waals surface area contributed by atoms with Crippen LogP contribution < -0.4 is 0 Å². The molecule has 1 unspecified atom stereocenters. The Bertz CT molecular complexity index is 1040. The summed E-state index contributed by atoms with van der Waals surface area (Å²) in [6, 6.07) is 11.2. The molecule has 0 aromatic heterocycles. The van der Waals surface area contributed by atoms with Crippen LogP contribution in [0.1, 0.15) is 95.1 Å². The first-order valence-corrected chi connectivity index (χ1v) is 13.6. The minimum atomic E-state index is -0.732. The van der Waals surface area contributed by atoms with Gasteiger partial charge in [-0.2, -0.15) is 0 Å². The molecule has 0 N–H and O–H groups in total. The van der Waals surface area contributed by atoms with E-state index in [2.05, 4.69) is 19.9 Å². The third-order valence-electron chi connectivity index (χ3n) is 8.20. The number of unbranched alkanes of at least 4 members (excludes halogenated alkanes) is 1. The summed E-state index contributed by atoms with van der Waals surface area (Å²) in [7, 11) is 0. The second kappa shape index (κ2) is 12.1. The van der Waals surface area contributed by atoms with Crippen molar-refractivity contribution in [2.45, 2.75) is 90.4 Å². The Kier molecular flexibility index (Phi) is 8.92. The molecule has 0 aliphatic heterocycles. The lowest BCUT2D eigenvalue weighted by Crippen LogP contribution is -2.15. The molecule has 4 rings (SSSR count). The molecule has 1 atom stereocenters. The van der Waals surface area contributed by atoms with E-state index in [0.29, 0.717) is 22.6 Å². The lowest BCUT2D eigenvalue weighted by Gasteiger charge is -2.29. The van der Waals surface area contributed by atoms with Gasteiger partial charge in [-0.25, -0.2) is 13.2 Å². The Morgan fingerprint density at radius 1 is 0.829 bits per heavy atom. The van der Waals surface area contributed by atoms with Gasteiger partial charge in [-0.15, -0.1) is 0 Å². The zero-order valence-corrected chi connectivity index (χ0v) is 21.3. The lowest BCUT2D eigenvalue weighted by atomic mass is 9.76. The maximum Gasteiger partial charge on any atom is 0.166 e. The van der Waals surface area contributed by atoms with Gasteiger partial charge >= 0.3 is 0 Å².